The van der Waals surface area contributed by atoms with Crippen LogP contribution in [0.2, 0.25) is 0 Å². The smallest absolute Gasteiger partial charge is 0.232 e. The fraction of sp³-hybridized carbons (Fsp3) is 0.316. The van der Waals surface area contributed by atoms with Gasteiger partial charge in [-0.3, -0.25) is 4.79 Å². The van der Waals surface area contributed by atoms with Gasteiger partial charge in [0.1, 0.15) is 0 Å². The first-order chi connectivity index (χ1) is 11.2. The lowest BCUT2D eigenvalue weighted by Crippen LogP contribution is -2.46. The monoisotopic (exact) mass is 372 g/mol. The maximum absolute atomic E-state index is 13.0. The second kappa shape index (κ2) is 7.75. The fourth-order valence-corrected chi connectivity index (χ4v) is 3.72. The summed E-state index contributed by atoms with van der Waals surface area (Å²) in [6.45, 7) is 1.88. The molecule has 2 aromatic carbocycles. The number of carbonyl (C=O) groups excluding carboxylic acids is 1. The molecule has 4 heteroatoms. The van der Waals surface area contributed by atoms with Crippen LogP contribution in [0.3, 0.4) is 0 Å². The van der Waals surface area contributed by atoms with Gasteiger partial charge in [0.2, 0.25) is 5.91 Å². The van der Waals surface area contributed by atoms with Crippen molar-refractivity contribution < 1.29 is 4.79 Å². The van der Waals surface area contributed by atoms with Gasteiger partial charge in [-0.2, -0.15) is 0 Å². The van der Waals surface area contributed by atoms with E-state index < -0.39 is 0 Å². The molecule has 1 N–H and O–H groups in total. The van der Waals surface area contributed by atoms with Crippen molar-refractivity contribution in [3.63, 3.8) is 0 Å². The average Bonchev–Trinajstić information content (AvgIpc) is 2.57. The Balaban J connectivity index is 1.82. The normalized spacial score (nSPS) is 18.8. The summed E-state index contributed by atoms with van der Waals surface area (Å²) in [5, 5.41) is 3.24. The molecule has 3 rings (SSSR count). The average molecular weight is 373 g/mol. The van der Waals surface area contributed by atoms with E-state index in [4.69, 9.17) is 0 Å². The van der Waals surface area contributed by atoms with Crippen LogP contribution in [0.4, 0.5) is 0 Å². The number of hydrogen-bond acceptors (Lipinski definition) is 2. The standard InChI is InChI=1S/C19H21BrN2O/c20-22-13-7-12-17(14-22)21-19(23)18(15-8-3-1-4-9-15)16-10-5-2-6-11-16/h1-6,8-11,17-18H,7,12-14H2,(H,21,23)/t17-/m1/s1. The van der Waals surface area contributed by atoms with E-state index in [9.17, 15) is 4.79 Å². The zero-order chi connectivity index (χ0) is 16.1. The molecule has 0 saturated carbocycles. The molecule has 0 radical (unpaired) electrons. The zero-order valence-corrected chi connectivity index (χ0v) is 14.6. The molecule has 23 heavy (non-hydrogen) atoms. The highest BCUT2D eigenvalue weighted by molar-refractivity contribution is 9.07. The SMILES string of the molecule is O=C(N[C@@H]1CCCN(Br)C1)C(c1ccccc1)c1ccccc1. The maximum atomic E-state index is 13.0. The molecule has 2 aromatic rings. The molecule has 1 fully saturated rings. The minimum absolute atomic E-state index is 0.0789. The molecule has 0 aliphatic carbocycles. The number of hydrogen-bond donors (Lipinski definition) is 1. The van der Waals surface area contributed by atoms with Crippen molar-refractivity contribution in [3.05, 3.63) is 71.8 Å². The summed E-state index contributed by atoms with van der Waals surface area (Å²) in [6, 6.07) is 20.2. The topological polar surface area (TPSA) is 32.3 Å². The third-order valence-electron chi connectivity index (χ3n) is 4.25. The summed E-state index contributed by atoms with van der Waals surface area (Å²) in [5.74, 6) is -0.182. The molecule has 120 valence electrons. The van der Waals surface area contributed by atoms with Crippen LogP contribution >= 0.6 is 16.1 Å². The lowest BCUT2D eigenvalue weighted by atomic mass is 9.90. The van der Waals surface area contributed by atoms with Crippen LogP contribution in [-0.2, 0) is 4.79 Å². The van der Waals surface area contributed by atoms with Crippen LogP contribution in [0.5, 0.6) is 0 Å². The van der Waals surface area contributed by atoms with E-state index in [1.54, 1.807) is 0 Å². The van der Waals surface area contributed by atoms with Crippen molar-refractivity contribution in [1.29, 1.82) is 0 Å². The Morgan fingerprint density at radius 1 is 1.04 bits per heavy atom. The van der Waals surface area contributed by atoms with Crippen LogP contribution in [0.1, 0.15) is 29.9 Å². The second-order valence-electron chi connectivity index (χ2n) is 5.97. The zero-order valence-electron chi connectivity index (χ0n) is 13.0. The number of piperidine rings is 1. The van der Waals surface area contributed by atoms with Crippen molar-refractivity contribution in [1.82, 2.24) is 9.24 Å². The molecule has 0 unspecified atom stereocenters. The first-order valence-corrected chi connectivity index (χ1v) is 8.76. The van der Waals surface area contributed by atoms with Gasteiger partial charge in [0, 0.05) is 35.3 Å². The van der Waals surface area contributed by atoms with Gasteiger partial charge in [-0.1, -0.05) is 60.7 Å². The lowest BCUT2D eigenvalue weighted by molar-refractivity contribution is -0.122. The molecular formula is C19H21BrN2O. The number of rotatable bonds is 4. The van der Waals surface area contributed by atoms with Crippen molar-refractivity contribution in [2.45, 2.75) is 24.8 Å². The van der Waals surface area contributed by atoms with E-state index in [-0.39, 0.29) is 17.9 Å². The summed E-state index contributed by atoms with van der Waals surface area (Å²) in [6.07, 6.45) is 2.13. The fourth-order valence-electron chi connectivity index (χ4n) is 3.12. The molecule has 1 saturated heterocycles. The number of halogens is 1. The van der Waals surface area contributed by atoms with Crippen LogP contribution in [0.25, 0.3) is 0 Å². The molecule has 0 bridgehead atoms. The van der Waals surface area contributed by atoms with E-state index in [2.05, 4.69) is 25.4 Å². The molecular weight excluding hydrogens is 352 g/mol. The predicted molar refractivity (Wildman–Crippen MR) is 96.4 cm³/mol. The van der Waals surface area contributed by atoms with Crippen molar-refractivity contribution >= 4 is 22.1 Å². The Hall–Kier alpha value is -1.65. The van der Waals surface area contributed by atoms with Gasteiger partial charge in [-0.05, 0) is 24.0 Å². The van der Waals surface area contributed by atoms with Gasteiger partial charge < -0.3 is 5.32 Å². The predicted octanol–water partition coefficient (Wildman–Crippen LogP) is 3.71. The second-order valence-corrected chi connectivity index (χ2v) is 6.97. The van der Waals surface area contributed by atoms with Crippen LogP contribution < -0.4 is 5.32 Å². The molecule has 1 atom stereocenters. The van der Waals surface area contributed by atoms with Gasteiger partial charge >= 0.3 is 0 Å². The first-order valence-electron chi connectivity index (χ1n) is 8.05. The highest BCUT2D eigenvalue weighted by Gasteiger charge is 2.26. The Morgan fingerprint density at radius 3 is 2.13 bits per heavy atom. The van der Waals surface area contributed by atoms with E-state index in [1.165, 1.54) is 0 Å². The van der Waals surface area contributed by atoms with Gasteiger partial charge in [-0.15, -0.1) is 0 Å². The largest absolute Gasteiger partial charge is 0.351 e. The molecule has 1 aliphatic heterocycles. The van der Waals surface area contributed by atoms with Crippen LogP contribution in [0.15, 0.2) is 60.7 Å². The van der Waals surface area contributed by atoms with Gasteiger partial charge in [0.25, 0.3) is 0 Å². The van der Waals surface area contributed by atoms with Gasteiger partial charge in [0.05, 0.1) is 5.92 Å². The van der Waals surface area contributed by atoms with E-state index in [0.29, 0.717) is 0 Å². The highest BCUT2D eigenvalue weighted by Crippen LogP contribution is 2.25. The van der Waals surface area contributed by atoms with Crippen molar-refractivity contribution in [3.8, 4) is 0 Å². The van der Waals surface area contributed by atoms with Crippen molar-refractivity contribution in [2.75, 3.05) is 13.1 Å². The van der Waals surface area contributed by atoms with E-state index in [1.807, 2.05) is 60.7 Å². The molecule has 0 spiro atoms. The van der Waals surface area contributed by atoms with Gasteiger partial charge in [-0.25, -0.2) is 3.93 Å². The lowest BCUT2D eigenvalue weighted by Gasteiger charge is -2.30. The number of benzene rings is 2. The van der Waals surface area contributed by atoms with Gasteiger partial charge in [0.15, 0.2) is 0 Å². The number of nitrogens with zero attached hydrogens (tertiary/aromatic N) is 1. The van der Waals surface area contributed by atoms with Crippen LogP contribution in [0, 0.1) is 0 Å². The van der Waals surface area contributed by atoms with E-state index >= 15 is 0 Å². The molecule has 1 heterocycles. The Bertz CT molecular complexity index is 593. The first kappa shape index (κ1) is 16.2. The summed E-state index contributed by atoms with van der Waals surface area (Å²) < 4.78 is 2.10. The minimum Gasteiger partial charge on any atom is -0.351 e. The quantitative estimate of drug-likeness (QED) is 0.829. The number of amides is 1. The summed E-state index contributed by atoms with van der Waals surface area (Å²) in [4.78, 5) is 13.0. The van der Waals surface area contributed by atoms with Crippen molar-refractivity contribution in [2.24, 2.45) is 0 Å². The summed E-state index contributed by atoms with van der Waals surface area (Å²) in [5.41, 5.74) is 2.06. The highest BCUT2D eigenvalue weighted by atomic mass is 79.9. The Morgan fingerprint density at radius 2 is 1.61 bits per heavy atom. The third kappa shape index (κ3) is 4.21. The van der Waals surface area contributed by atoms with Crippen LogP contribution in [-0.4, -0.2) is 29.0 Å². The number of carbonyl (C=O) groups is 1. The third-order valence-corrected chi connectivity index (χ3v) is 4.89. The summed E-state index contributed by atoms with van der Waals surface area (Å²) in [7, 11) is 0. The minimum atomic E-state index is -0.261. The molecule has 0 aromatic heterocycles. The summed E-state index contributed by atoms with van der Waals surface area (Å²) >= 11 is 3.53. The Labute approximate surface area is 146 Å². The maximum Gasteiger partial charge on any atom is 0.232 e. The molecule has 1 amide bonds. The Kier molecular flexibility index (Phi) is 5.47. The molecule has 3 nitrogen and oxygen atoms in total. The number of nitrogens with one attached hydrogen (secondary N) is 1. The molecule has 1 aliphatic rings. The van der Waals surface area contributed by atoms with E-state index in [0.717, 1.165) is 37.1 Å².